The maximum absolute atomic E-state index is 13.0. The molecule has 0 N–H and O–H groups in total. The fraction of sp³-hybridized carbons (Fsp3) is 0.636. The molecule has 0 amide bonds. The average Bonchev–Trinajstić information content (AvgIpc) is 2.94. The van der Waals surface area contributed by atoms with Crippen LogP contribution in [0, 0.1) is 5.92 Å². The van der Waals surface area contributed by atoms with Crippen LogP contribution in [0.4, 0.5) is 9.59 Å². The van der Waals surface area contributed by atoms with Gasteiger partial charge in [-0.3, -0.25) is 9.80 Å². The minimum Gasteiger partial charge on any atom is -0.418 e. The van der Waals surface area contributed by atoms with Crippen LogP contribution in [0.2, 0.25) is 0 Å². The molecule has 0 aliphatic heterocycles. The molecule has 1 aliphatic carbocycles. The van der Waals surface area contributed by atoms with Gasteiger partial charge in [-0.25, -0.2) is 9.59 Å². The fourth-order valence-corrected chi connectivity index (χ4v) is 5.12. The van der Waals surface area contributed by atoms with E-state index in [0.717, 1.165) is 75.8 Å². The molecule has 230 valence electrons. The highest BCUT2D eigenvalue weighted by Crippen LogP contribution is 2.47. The van der Waals surface area contributed by atoms with E-state index in [2.05, 4.69) is 26.5 Å². The first kappa shape index (κ1) is 34.4. The Labute approximate surface area is 247 Å². The van der Waals surface area contributed by atoms with Gasteiger partial charge in [-0.05, 0) is 89.3 Å². The van der Waals surface area contributed by atoms with E-state index in [1.807, 2.05) is 56.6 Å². The molecule has 0 saturated heterocycles. The molecule has 2 unspecified atom stereocenters. The highest BCUT2D eigenvalue weighted by Gasteiger charge is 2.33. The van der Waals surface area contributed by atoms with Crippen LogP contribution in [0.25, 0.3) is 0 Å². The third-order valence-electron chi connectivity index (χ3n) is 7.85. The summed E-state index contributed by atoms with van der Waals surface area (Å²) in [4.78, 5) is 29.9. The monoisotopic (exact) mass is 572 g/mol. The number of carbonyl (C=O) groups excluding carboxylic acids is 2. The van der Waals surface area contributed by atoms with E-state index < -0.39 is 12.3 Å². The zero-order valence-electron chi connectivity index (χ0n) is 26.4. The Morgan fingerprint density at radius 2 is 1.39 bits per heavy atom. The lowest BCUT2D eigenvalue weighted by Gasteiger charge is -2.32. The summed E-state index contributed by atoms with van der Waals surface area (Å²) in [7, 11) is 0. The van der Waals surface area contributed by atoms with Gasteiger partial charge in [-0.15, -0.1) is 0 Å². The van der Waals surface area contributed by atoms with Crippen molar-refractivity contribution in [2.75, 3.05) is 39.6 Å². The van der Waals surface area contributed by atoms with Gasteiger partial charge in [0, 0.05) is 11.5 Å². The van der Waals surface area contributed by atoms with Crippen molar-refractivity contribution in [2.45, 2.75) is 92.9 Å². The van der Waals surface area contributed by atoms with E-state index in [0.29, 0.717) is 17.1 Å². The quantitative estimate of drug-likeness (QED) is 0.0647. The van der Waals surface area contributed by atoms with Gasteiger partial charge >= 0.3 is 12.3 Å². The summed E-state index contributed by atoms with van der Waals surface area (Å²) in [5.74, 6) is 0.587. The van der Waals surface area contributed by atoms with Crippen molar-refractivity contribution in [2.24, 2.45) is 5.92 Å². The lowest BCUT2D eigenvalue weighted by Crippen LogP contribution is -2.29. The number of hydrogen-bond acceptors (Lipinski definition) is 8. The second-order valence-electron chi connectivity index (χ2n) is 10.9. The van der Waals surface area contributed by atoms with Gasteiger partial charge in [-0.2, -0.15) is 0 Å². The molecule has 8 nitrogen and oxygen atoms in total. The molecule has 0 saturated carbocycles. The van der Waals surface area contributed by atoms with Crippen LogP contribution in [-0.4, -0.2) is 61.8 Å². The Morgan fingerprint density at radius 1 is 0.878 bits per heavy atom. The number of aryl methyl sites for hydroxylation is 1. The summed E-state index contributed by atoms with van der Waals surface area (Å²) in [6.07, 6.45) is 6.31. The zero-order chi connectivity index (χ0) is 30.4. The van der Waals surface area contributed by atoms with Crippen molar-refractivity contribution in [1.82, 2.24) is 9.80 Å². The van der Waals surface area contributed by atoms with Crippen LogP contribution >= 0.6 is 0 Å². The topological polar surface area (TPSA) is 77.5 Å². The highest BCUT2D eigenvalue weighted by atomic mass is 16.7. The number of carbonyl (C=O) groups is 2. The third kappa shape index (κ3) is 10.8. The van der Waals surface area contributed by atoms with Crippen LogP contribution in [0.1, 0.15) is 97.6 Å². The molecule has 2 rings (SSSR count). The Morgan fingerprint density at radius 3 is 1.83 bits per heavy atom. The first-order valence-corrected chi connectivity index (χ1v) is 15.3. The van der Waals surface area contributed by atoms with E-state index >= 15 is 0 Å². The van der Waals surface area contributed by atoms with E-state index in [1.54, 1.807) is 0 Å². The van der Waals surface area contributed by atoms with E-state index in [1.165, 1.54) is 5.57 Å². The predicted octanol–water partition coefficient (Wildman–Crippen LogP) is 8.06. The van der Waals surface area contributed by atoms with Crippen LogP contribution in [0.15, 0.2) is 35.9 Å². The number of rotatable bonds is 16. The van der Waals surface area contributed by atoms with E-state index in [9.17, 15) is 9.59 Å². The molecule has 0 bridgehead atoms. The van der Waals surface area contributed by atoms with E-state index in [-0.39, 0.29) is 25.3 Å². The van der Waals surface area contributed by atoms with Crippen LogP contribution < -0.4 is 9.47 Å². The molecule has 2 atom stereocenters. The predicted molar refractivity (Wildman–Crippen MR) is 164 cm³/mol. The summed E-state index contributed by atoms with van der Waals surface area (Å²) >= 11 is 0. The molecule has 1 aromatic rings. The SMILES string of the molecule is C=C(C)C1CCC(C)=CC1c1c(OC(=O)OCN(CC)CC)cc(CCCCC)cc1OC(=O)OCN(CC)CC. The van der Waals surface area contributed by atoms with Crippen molar-refractivity contribution in [3.05, 3.63) is 47.1 Å². The Kier molecular flexibility index (Phi) is 15.0. The van der Waals surface area contributed by atoms with Gasteiger partial charge in [0.05, 0.1) is 0 Å². The summed E-state index contributed by atoms with van der Waals surface area (Å²) in [6, 6.07) is 3.79. The van der Waals surface area contributed by atoms with Gasteiger partial charge in [-0.1, -0.05) is 71.3 Å². The van der Waals surface area contributed by atoms with Crippen LogP contribution in [0.3, 0.4) is 0 Å². The lowest BCUT2D eigenvalue weighted by atomic mass is 9.73. The first-order valence-electron chi connectivity index (χ1n) is 15.3. The summed E-state index contributed by atoms with van der Waals surface area (Å²) < 4.78 is 22.8. The van der Waals surface area contributed by atoms with Gasteiger partial charge < -0.3 is 18.9 Å². The number of allylic oxidation sites excluding steroid dienone is 3. The molecule has 1 aromatic carbocycles. The van der Waals surface area contributed by atoms with Gasteiger partial charge in [0.15, 0.2) is 0 Å². The van der Waals surface area contributed by atoms with Crippen molar-refractivity contribution < 1.29 is 28.5 Å². The molecule has 41 heavy (non-hydrogen) atoms. The van der Waals surface area contributed by atoms with Gasteiger partial charge in [0.1, 0.15) is 25.0 Å². The number of nitrogens with zero attached hydrogens (tertiary/aromatic N) is 2. The molecule has 0 fully saturated rings. The molecule has 0 heterocycles. The van der Waals surface area contributed by atoms with Crippen LogP contribution in [0.5, 0.6) is 11.5 Å². The standard InChI is InChI=1S/C33H52N2O6/c1-9-14-15-16-26-20-29(40-32(36)38-22-34(10-2)11-3)31(28-19-25(8)17-18-27(28)24(6)7)30(21-26)41-33(37)39-23-35(12-4)13-5/h19-21,27-28H,6,9-18,22-23H2,1-5,7-8H3. The highest BCUT2D eigenvalue weighted by molar-refractivity contribution is 5.69. The van der Waals surface area contributed by atoms with Crippen molar-refractivity contribution in [3.63, 3.8) is 0 Å². The Hall–Kier alpha value is -2.84. The van der Waals surface area contributed by atoms with Crippen molar-refractivity contribution in [3.8, 4) is 11.5 Å². The minimum atomic E-state index is -0.790. The summed E-state index contributed by atoms with van der Waals surface area (Å²) in [6.45, 7) is 21.8. The molecular weight excluding hydrogens is 520 g/mol. The number of benzene rings is 1. The first-order chi connectivity index (χ1) is 19.7. The normalized spacial score (nSPS) is 16.9. The smallest absolute Gasteiger partial charge is 0.418 e. The van der Waals surface area contributed by atoms with Gasteiger partial charge in [0.25, 0.3) is 0 Å². The lowest BCUT2D eigenvalue weighted by molar-refractivity contribution is 0.0432. The molecule has 1 aliphatic rings. The van der Waals surface area contributed by atoms with E-state index in [4.69, 9.17) is 18.9 Å². The van der Waals surface area contributed by atoms with Crippen molar-refractivity contribution >= 4 is 12.3 Å². The largest absolute Gasteiger partial charge is 0.515 e. The molecular formula is C33H52N2O6. The molecule has 8 heteroatoms. The molecule has 0 radical (unpaired) electrons. The number of unbranched alkanes of at least 4 members (excludes halogenated alkanes) is 2. The third-order valence-corrected chi connectivity index (χ3v) is 7.85. The molecule has 0 spiro atoms. The number of hydrogen-bond donors (Lipinski definition) is 0. The van der Waals surface area contributed by atoms with Gasteiger partial charge in [0.2, 0.25) is 0 Å². The fourth-order valence-electron chi connectivity index (χ4n) is 5.12. The maximum atomic E-state index is 13.0. The summed E-state index contributed by atoms with van der Waals surface area (Å²) in [5.41, 5.74) is 3.81. The zero-order valence-corrected chi connectivity index (χ0v) is 26.4. The second kappa shape index (κ2) is 17.9. The second-order valence-corrected chi connectivity index (χ2v) is 10.9. The maximum Gasteiger partial charge on any atom is 0.515 e. The Balaban J connectivity index is 2.57. The Bertz CT molecular complexity index is 978. The molecule has 0 aromatic heterocycles. The average molecular weight is 573 g/mol. The number of ether oxygens (including phenoxy) is 4. The minimum absolute atomic E-state index is 0.0905. The van der Waals surface area contributed by atoms with Crippen LogP contribution in [-0.2, 0) is 15.9 Å². The van der Waals surface area contributed by atoms with Crippen molar-refractivity contribution in [1.29, 1.82) is 0 Å². The summed E-state index contributed by atoms with van der Waals surface area (Å²) in [5, 5.41) is 0.